The Morgan fingerprint density at radius 1 is 1.19 bits per heavy atom. The second-order valence-electron chi connectivity index (χ2n) is 5.69. The predicted octanol–water partition coefficient (Wildman–Crippen LogP) is 3.24. The van der Waals surface area contributed by atoms with Crippen LogP contribution < -0.4 is 10.1 Å². The van der Waals surface area contributed by atoms with Crippen molar-refractivity contribution >= 4 is 17.7 Å². The number of methoxy groups -OCH3 is 1. The van der Waals surface area contributed by atoms with Crippen molar-refractivity contribution in [3.8, 4) is 11.4 Å². The molecule has 6 nitrogen and oxygen atoms in total. The highest BCUT2D eigenvalue weighted by Gasteiger charge is 2.15. The van der Waals surface area contributed by atoms with Crippen LogP contribution in [-0.2, 0) is 6.54 Å². The number of amides is 1. The molecule has 0 aliphatic heterocycles. The highest BCUT2D eigenvalue weighted by atomic mass is 32.2. The van der Waals surface area contributed by atoms with Gasteiger partial charge in [-0.1, -0.05) is 30.0 Å². The number of hydrogen-bond donors (Lipinski definition) is 1. The Morgan fingerprint density at radius 3 is 2.73 bits per heavy atom. The van der Waals surface area contributed by atoms with Gasteiger partial charge in [0.2, 0.25) is 0 Å². The molecule has 26 heavy (non-hydrogen) atoms. The third-order valence-electron chi connectivity index (χ3n) is 3.88. The normalized spacial score (nSPS) is 10.6. The fraction of sp³-hybridized carbons (Fsp3) is 0.211. The van der Waals surface area contributed by atoms with Crippen LogP contribution in [-0.4, -0.2) is 34.0 Å². The van der Waals surface area contributed by atoms with Crippen molar-refractivity contribution in [3.63, 3.8) is 0 Å². The Bertz CT molecular complexity index is 923. The van der Waals surface area contributed by atoms with Crippen molar-refractivity contribution in [2.75, 3.05) is 13.4 Å². The number of ether oxygens (including phenoxy) is 1. The van der Waals surface area contributed by atoms with Gasteiger partial charge in [0.1, 0.15) is 5.75 Å². The van der Waals surface area contributed by atoms with Crippen molar-refractivity contribution in [2.24, 2.45) is 0 Å². The zero-order chi connectivity index (χ0) is 18.5. The van der Waals surface area contributed by atoms with E-state index in [1.54, 1.807) is 31.4 Å². The van der Waals surface area contributed by atoms with Crippen molar-refractivity contribution in [1.29, 1.82) is 0 Å². The van der Waals surface area contributed by atoms with E-state index in [0.717, 1.165) is 16.4 Å². The predicted molar refractivity (Wildman–Crippen MR) is 102 cm³/mol. The van der Waals surface area contributed by atoms with E-state index in [2.05, 4.69) is 21.6 Å². The SMILES string of the molecule is COc1cccc(C(=O)NCc2nnc(SC)n2-c2cccc(C)c2)c1. The van der Waals surface area contributed by atoms with Crippen LogP contribution >= 0.6 is 11.8 Å². The van der Waals surface area contributed by atoms with E-state index in [4.69, 9.17) is 4.74 Å². The van der Waals surface area contributed by atoms with Gasteiger partial charge in [-0.15, -0.1) is 10.2 Å². The molecule has 1 amide bonds. The number of thioether (sulfide) groups is 1. The van der Waals surface area contributed by atoms with Gasteiger partial charge in [0.25, 0.3) is 5.91 Å². The lowest BCUT2D eigenvalue weighted by Crippen LogP contribution is -2.24. The zero-order valence-electron chi connectivity index (χ0n) is 14.9. The lowest BCUT2D eigenvalue weighted by atomic mass is 10.2. The van der Waals surface area contributed by atoms with Crippen molar-refractivity contribution < 1.29 is 9.53 Å². The van der Waals surface area contributed by atoms with Crippen molar-refractivity contribution in [1.82, 2.24) is 20.1 Å². The molecule has 3 aromatic rings. The summed E-state index contributed by atoms with van der Waals surface area (Å²) in [5.41, 5.74) is 2.66. The van der Waals surface area contributed by atoms with Crippen LogP contribution in [0.2, 0.25) is 0 Å². The van der Waals surface area contributed by atoms with Crippen LogP contribution in [0.25, 0.3) is 5.69 Å². The number of rotatable bonds is 6. The lowest BCUT2D eigenvalue weighted by molar-refractivity contribution is 0.0949. The summed E-state index contributed by atoms with van der Waals surface area (Å²) in [5.74, 6) is 1.13. The molecule has 0 aliphatic rings. The first kappa shape index (κ1) is 18.0. The number of aryl methyl sites for hydroxylation is 1. The molecule has 0 spiro atoms. The summed E-state index contributed by atoms with van der Waals surface area (Å²) in [4.78, 5) is 12.4. The van der Waals surface area contributed by atoms with E-state index in [1.807, 2.05) is 35.9 Å². The molecule has 0 aliphatic carbocycles. The Hall–Kier alpha value is -2.80. The van der Waals surface area contributed by atoms with Crippen LogP contribution in [0.3, 0.4) is 0 Å². The average Bonchev–Trinajstić information content (AvgIpc) is 3.09. The second kappa shape index (κ2) is 8.05. The Kier molecular flexibility index (Phi) is 5.58. The second-order valence-corrected chi connectivity index (χ2v) is 6.47. The molecular weight excluding hydrogens is 348 g/mol. The molecule has 1 heterocycles. The number of carbonyl (C=O) groups excluding carboxylic acids is 1. The maximum absolute atomic E-state index is 12.4. The summed E-state index contributed by atoms with van der Waals surface area (Å²) < 4.78 is 7.13. The minimum absolute atomic E-state index is 0.187. The molecule has 0 atom stereocenters. The number of nitrogens with one attached hydrogen (secondary N) is 1. The Balaban J connectivity index is 1.82. The largest absolute Gasteiger partial charge is 0.497 e. The minimum atomic E-state index is -0.187. The van der Waals surface area contributed by atoms with Crippen LogP contribution in [0, 0.1) is 6.92 Å². The van der Waals surface area contributed by atoms with Crippen LogP contribution in [0.1, 0.15) is 21.7 Å². The maximum atomic E-state index is 12.4. The molecule has 0 saturated heterocycles. The summed E-state index contributed by atoms with van der Waals surface area (Å²) in [7, 11) is 1.57. The summed E-state index contributed by atoms with van der Waals surface area (Å²) in [6.07, 6.45) is 1.95. The third-order valence-corrected chi connectivity index (χ3v) is 4.51. The topological polar surface area (TPSA) is 69.0 Å². The van der Waals surface area contributed by atoms with Crippen LogP contribution in [0.4, 0.5) is 0 Å². The molecular formula is C19H20N4O2S. The van der Waals surface area contributed by atoms with E-state index in [0.29, 0.717) is 17.1 Å². The third kappa shape index (κ3) is 3.88. The smallest absolute Gasteiger partial charge is 0.251 e. The Morgan fingerprint density at radius 2 is 2.00 bits per heavy atom. The molecule has 0 saturated carbocycles. The fourth-order valence-electron chi connectivity index (χ4n) is 2.60. The molecule has 7 heteroatoms. The van der Waals surface area contributed by atoms with Gasteiger partial charge >= 0.3 is 0 Å². The van der Waals surface area contributed by atoms with E-state index < -0.39 is 0 Å². The van der Waals surface area contributed by atoms with Gasteiger partial charge in [-0.2, -0.15) is 0 Å². The van der Waals surface area contributed by atoms with Crippen LogP contribution in [0.15, 0.2) is 53.7 Å². The van der Waals surface area contributed by atoms with Gasteiger partial charge in [0, 0.05) is 11.3 Å². The molecule has 134 valence electrons. The quantitative estimate of drug-likeness (QED) is 0.677. The monoisotopic (exact) mass is 368 g/mol. The van der Waals surface area contributed by atoms with Gasteiger partial charge in [-0.25, -0.2) is 0 Å². The maximum Gasteiger partial charge on any atom is 0.251 e. The number of benzene rings is 2. The summed E-state index contributed by atoms with van der Waals surface area (Å²) in [5, 5.41) is 12.1. The van der Waals surface area contributed by atoms with Crippen molar-refractivity contribution in [2.45, 2.75) is 18.6 Å². The molecule has 2 aromatic carbocycles. The first-order valence-electron chi connectivity index (χ1n) is 8.10. The number of nitrogens with zero attached hydrogens (tertiary/aromatic N) is 3. The van der Waals surface area contributed by atoms with Crippen LogP contribution in [0.5, 0.6) is 5.75 Å². The standard InChI is InChI=1S/C19H20N4O2S/c1-13-6-4-8-15(10-13)23-17(21-22-19(23)26-3)12-20-18(24)14-7-5-9-16(11-14)25-2/h4-11H,12H2,1-3H3,(H,20,24). The molecule has 0 bridgehead atoms. The molecule has 1 N–H and O–H groups in total. The fourth-order valence-corrected chi connectivity index (χ4v) is 3.11. The van der Waals surface area contributed by atoms with Crippen molar-refractivity contribution in [3.05, 3.63) is 65.5 Å². The average molecular weight is 368 g/mol. The summed E-state index contributed by atoms with van der Waals surface area (Å²) >= 11 is 1.51. The summed E-state index contributed by atoms with van der Waals surface area (Å²) in [6.45, 7) is 2.31. The molecule has 1 aromatic heterocycles. The van der Waals surface area contributed by atoms with Gasteiger partial charge in [0.15, 0.2) is 11.0 Å². The first-order valence-corrected chi connectivity index (χ1v) is 9.32. The lowest BCUT2D eigenvalue weighted by Gasteiger charge is -2.11. The van der Waals surface area contributed by atoms with Gasteiger partial charge < -0.3 is 10.1 Å². The molecule has 0 radical (unpaired) electrons. The van der Waals surface area contributed by atoms with Gasteiger partial charge in [-0.05, 0) is 49.1 Å². The first-order chi connectivity index (χ1) is 12.6. The van der Waals surface area contributed by atoms with E-state index in [-0.39, 0.29) is 12.5 Å². The molecule has 3 rings (SSSR count). The van der Waals surface area contributed by atoms with E-state index in [1.165, 1.54) is 11.8 Å². The molecule has 0 fully saturated rings. The highest BCUT2D eigenvalue weighted by Crippen LogP contribution is 2.21. The minimum Gasteiger partial charge on any atom is -0.497 e. The van der Waals surface area contributed by atoms with Gasteiger partial charge in [-0.3, -0.25) is 9.36 Å². The number of hydrogen-bond acceptors (Lipinski definition) is 5. The number of aromatic nitrogens is 3. The highest BCUT2D eigenvalue weighted by molar-refractivity contribution is 7.98. The zero-order valence-corrected chi connectivity index (χ0v) is 15.7. The summed E-state index contributed by atoms with van der Waals surface area (Å²) in [6, 6.07) is 15.1. The Labute approximate surface area is 156 Å². The van der Waals surface area contributed by atoms with Gasteiger partial charge in [0.05, 0.1) is 13.7 Å². The van der Waals surface area contributed by atoms with E-state index in [9.17, 15) is 4.79 Å². The van der Waals surface area contributed by atoms with E-state index >= 15 is 0 Å². The number of carbonyl (C=O) groups is 1. The molecule has 0 unspecified atom stereocenters.